The molecule has 0 spiro atoms. The first kappa shape index (κ1) is 11.5. The maximum Gasteiger partial charge on any atom is 0.281 e. The van der Waals surface area contributed by atoms with Crippen LogP contribution < -0.4 is 9.47 Å². The number of methoxy groups -OCH3 is 2. The van der Waals surface area contributed by atoms with Gasteiger partial charge in [-0.2, -0.15) is 0 Å². The molecule has 0 unspecified atom stereocenters. The van der Waals surface area contributed by atoms with Gasteiger partial charge in [-0.15, -0.1) is 0 Å². The summed E-state index contributed by atoms with van der Waals surface area (Å²) >= 11 is 0. The van der Waals surface area contributed by atoms with Crippen LogP contribution in [0, 0.1) is 0 Å². The summed E-state index contributed by atoms with van der Waals surface area (Å²) in [6.07, 6.45) is -1.55. The quantitative estimate of drug-likeness (QED) is 0.827. The Morgan fingerprint density at radius 2 is 1.71 bits per heavy atom. The lowest BCUT2D eigenvalue weighted by Crippen LogP contribution is -1.96. The third-order valence-electron chi connectivity index (χ3n) is 2.38. The van der Waals surface area contributed by atoms with Crippen LogP contribution in [0.2, 0.25) is 0 Å². The molecule has 0 aliphatic carbocycles. The number of hydrogen-bond acceptors (Lipinski definition) is 4. The molecule has 2 rings (SSSR count). The van der Waals surface area contributed by atoms with Gasteiger partial charge in [0.15, 0.2) is 11.5 Å². The highest BCUT2D eigenvalue weighted by molar-refractivity contribution is 5.84. The number of alkyl halides is 2. The predicted molar refractivity (Wildman–Crippen MR) is 57.6 cm³/mol. The van der Waals surface area contributed by atoms with Crippen LogP contribution in [0.15, 0.2) is 18.5 Å². The molecule has 0 amide bonds. The Morgan fingerprint density at radius 3 is 2.29 bits per heavy atom. The highest BCUT2D eigenvalue weighted by atomic mass is 19.3. The smallest absolute Gasteiger partial charge is 0.281 e. The van der Waals surface area contributed by atoms with Gasteiger partial charge in [0.25, 0.3) is 6.43 Å². The third kappa shape index (κ3) is 1.98. The maximum absolute atomic E-state index is 12.8. The first-order valence-corrected chi connectivity index (χ1v) is 4.82. The van der Waals surface area contributed by atoms with Crippen molar-refractivity contribution in [1.29, 1.82) is 0 Å². The van der Waals surface area contributed by atoms with Gasteiger partial charge in [0.2, 0.25) is 0 Å². The molecule has 0 saturated heterocycles. The first-order valence-electron chi connectivity index (χ1n) is 4.82. The van der Waals surface area contributed by atoms with Gasteiger partial charge in [-0.3, -0.25) is 0 Å². The van der Waals surface area contributed by atoms with Gasteiger partial charge in [-0.25, -0.2) is 18.7 Å². The molecule has 0 radical (unpaired) electrons. The molecular weight excluding hydrogens is 230 g/mol. The van der Waals surface area contributed by atoms with Gasteiger partial charge in [-0.05, 0) is 6.07 Å². The van der Waals surface area contributed by atoms with Crippen molar-refractivity contribution in [3.8, 4) is 11.5 Å². The Hall–Kier alpha value is -1.98. The van der Waals surface area contributed by atoms with Crippen molar-refractivity contribution >= 4 is 10.9 Å². The van der Waals surface area contributed by atoms with Crippen molar-refractivity contribution in [2.75, 3.05) is 14.2 Å². The van der Waals surface area contributed by atoms with E-state index < -0.39 is 6.43 Å². The molecule has 0 aliphatic rings. The van der Waals surface area contributed by atoms with Gasteiger partial charge in [0.1, 0.15) is 12.0 Å². The lowest BCUT2D eigenvalue weighted by molar-refractivity contribution is 0.148. The van der Waals surface area contributed by atoms with E-state index in [2.05, 4.69) is 9.97 Å². The molecule has 1 aromatic carbocycles. The summed E-state index contributed by atoms with van der Waals surface area (Å²) in [6, 6.07) is 3.00. The molecule has 90 valence electrons. The zero-order valence-electron chi connectivity index (χ0n) is 9.28. The second-order valence-corrected chi connectivity index (χ2v) is 3.28. The average molecular weight is 240 g/mol. The van der Waals surface area contributed by atoms with Crippen molar-refractivity contribution in [2.45, 2.75) is 6.43 Å². The number of hydrogen-bond donors (Lipinski definition) is 0. The molecule has 4 nitrogen and oxygen atoms in total. The van der Waals surface area contributed by atoms with Crippen molar-refractivity contribution in [3.05, 3.63) is 24.2 Å². The van der Waals surface area contributed by atoms with E-state index in [-0.39, 0.29) is 11.1 Å². The van der Waals surface area contributed by atoms with Crippen molar-refractivity contribution in [3.63, 3.8) is 0 Å². The van der Waals surface area contributed by atoms with E-state index in [1.165, 1.54) is 20.3 Å². The van der Waals surface area contributed by atoms with Gasteiger partial charge in [-0.1, -0.05) is 0 Å². The Bertz CT molecular complexity index is 546. The normalized spacial score (nSPS) is 10.9. The minimum atomic E-state index is -2.65. The largest absolute Gasteiger partial charge is 0.493 e. The van der Waals surface area contributed by atoms with Crippen LogP contribution in [0.25, 0.3) is 10.9 Å². The van der Waals surface area contributed by atoms with Crippen LogP contribution in [0.1, 0.15) is 12.1 Å². The fourth-order valence-electron chi connectivity index (χ4n) is 1.58. The van der Waals surface area contributed by atoms with Gasteiger partial charge < -0.3 is 9.47 Å². The summed E-state index contributed by atoms with van der Waals surface area (Å²) in [5.41, 5.74) is 0.0869. The molecule has 0 N–H and O–H groups in total. The molecule has 2 aromatic rings. The zero-order valence-corrected chi connectivity index (χ0v) is 9.28. The van der Waals surface area contributed by atoms with E-state index in [0.717, 1.165) is 6.33 Å². The molecule has 0 fully saturated rings. The lowest BCUT2D eigenvalue weighted by atomic mass is 10.1. The highest BCUT2D eigenvalue weighted by Gasteiger charge is 2.16. The fourth-order valence-corrected chi connectivity index (χ4v) is 1.58. The minimum Gasteiger partial charge on any atom is -0.493 e. The Kier molecular flexibility index (Phi) is 3.03. The molecule has 1 aromatic heterocycles. The van der Waals surface area contributed by atoms with E-state index in [4.69, 9.17) is 9.47 Å². The summed E-state index contributed by atoms with van der Waals surface area (Å²) in [7, 11) is 2.91. The second kappa shape index (κ2) is 4.48. The number of rotatable bonds is 3. The van der Waals surface area contributed by atoms with E-state index in [0.29, 0.717) is 17.0 Å². The van der Waals surface area contributed by atoms with Crippen molar-refractivity contribution < 1.29 is 18.3 Å². The molecule has 0 bridgehead atoms. The van der Waals surface area contributed by atoms with Crippen LogP contribution >= 0.6 is 0 Å². The second-order valence-electron chi connectivity index (χ2n) is 3.28. The topological polar surface area (TPSA) is 44.2 Å². The van der Waals surface area contributed by atoms with Gasteiger partial charge in [0, 0.05) is 11.5 Å². The van der Waals surface area contributed by atoms with E-state index in [1.807, 2.05) is 0 Å². The maximum atomic E-state index is 12.8. The Labute approximate surface area is 96.2 Å². The molecule has 1 heterocycles. The number of ether oxygens (including phenoxy) is 2. The van der Waals surface area contributed by atoms with Gasteiger partial charge in [0.05, 0.1) is 19.7 Å². The molecular formula is C11H10F2N2O2. The van der Waals surface area contributed by atoms with Crippen molar-refractivity contribution in [1.82, 2.24) is 9.97 Å². The monoisotopic (exact) mass is 240 g/mol. The zero-order chi connectivity index (χ0) is 12.4. The summed E-state index contributed by atoms with van der Waals surface area (Å²) in [5.74, 6) is 0.815. The van der Waals surface area contributed by atoms with Crippen LogP contribution in [-0.4, -0.2) is 24.2 Å². The lowest BCUT2D eigenvalue weighted by Gasteiger charge is -2.10. The minimum absolute atomic E-state index is 0.264. The highest BCUT2D eigenvalue weighted by Crippen LogP contribution is 2.34. The molecule has 0 saturated carbocycles. The number of fused-ring (bicyclic) bond motifs is 1. The molecule has 0 aliphatic heterocycles. The van der Waals surface area contributed by atoms with Crippen LogP contribution in [-0.2, 0) is 0 Å². The number of benzene rings is 1. The number of nitrogens with zero attached hydrogens (tertiary/aromatic N) is 2. The predicted octanol–water partition coefficient (Wildman–Crippen LogP) is 2.58. The SMILES string of the molecule is COc1cc2ncnc(C(F)F)c2cc1OC. The van der Waals surface area contributed by atoms with E-state index in [9.17, 15) is 8.78 Å². The Balaban J connectivity index is 2.73. The Morgan fingerprint density at radius 1 is 1.06 bits per heavy atom. The average Bonchev–Trinajstić information content (AvgIpc) is 2.35. The van der Waals surface area contributed by atoms with Gasteiger partial charge >= 0.3 is 0 Å². The van der Waals surface area contributed by atoms with Crippen LogP contribution in [0.4, 0.5) is 8.78 Å². The van der Waals surface area contributed by atoms with Crippen LogP contribution in [0.3, 0.4) is 0 Å². The van der Waals surface area contributed by atoms with E-state index in [1.54, 1.807) is 6.07 Å². The summed E-state index contributed by atoms with van der Waals surface area (Å²) in [6.45, 7) is 0. The summed E-state index contributed by atoms with van der Waals surface area (Å²) in [5, 5.41) is 0.264. The molecule has 17 heavy (non-hydrogen) atoms. The van der Waals surface area contributed by atoms with Crippen molar-refractivity contribution in [2.24, 2.45) is 0 Å². The molecule has 0 atom stereocenters. The summed E-state index contributed by atoms with van der Waals surface area (Å²) in [4.78, 5) is 7.51. The molecule has 6 heteroatoms. The number of halogens is 2. The fraction of sp³-hybridized carbons (Fsp3) is 0.273. The number of aromatic nitrogens is 2. The van der Waals surface area contributed by atoms with E-state index >= 15 is 0 Å². The summed E-state index contributed by atoms with van der Waals surface area (Å²) < 4.78 is 35.6. The first-order chi connectivity index (χ1) is 8.17. The standard InChI is InChI=1S/C11H10F2N2O2/c1-16-8-3-6-7(4-9(8)17-2)14-5-15-10(6)11(12)13/h3-5,11H,1-2H3. The van der Waals surface area contributed by atoms with Crippen LogP contribution in [0.5, 0.6) is 11.5 Å². The third-order valence-corrected chi connectivity index (χ3v) is 2.38.